The van der Waals surface area contributed by atoms with Gasteiger partial charge in [0.15, 0.2) is 0 Å². The maximum Gasteiger partial charge on any atom is 0.205 e. The first-order chi connectivity index (χ1) is 9.78. The molecule has 0 radical (unpaired) electrons. The van der Waals surface area contributed by atoms with Gasteiger partial charge in [-0.3, -0.25) is 0 Å². The average Bonchev–Trinajstić information content (AvgIpc) is 3.03. The lowest BCUT2D eigenvalue weighted by Gasteiger charge is -2.01. The molecule has 0 aliphatic rings. The van der Waals surface area contributed by atoms with Gasteiger partial charge < -0.3 is 16.0 Å². The molecule has 4 N–H and O–H groups in total. The van der Waals surface area contributed by atoms with Crippen molar-refractivity contribution in [1.82, 2.24) is 15.0 Å². The van der Waals surface area contributed by atoms with Gasteiger partial charge in [0, 0.05) is 11.4 Å². The van der Waals surface area contributed by atoms with Crippen molar-refractivity contribution in [3.63, 3.8) is 0 Å². The number of H-pyrrole nitrogens is 1. The van der Waals surface area contributed by atoms with Crippen LogP contribution in [-0.2, 0) is 0 Å². The van der Waals surface area contributed by atoms with Crippen molar-refractivity contribution in [3.05, 3.63) is 41.9 Å². The number of hydrogen-bond donors (Lipinski definition) is 3. The van der Waals surface area contributed by atoms with E-state index in [4.69, 9.17) is 5.73 Å². The Kier molecular flexibility index (Phi) is 2.37. The summed E-state index contributed by atoms with van der Waals surface area (Å²) in [5.41, 5.74) is 12.1. The lowest BCUT2D eigenvalue weighted by molar-refractivity contribution is 1.31. The van der Waals surface area contributed by atoms with Gasteiger partial charge in [-0.2, -0.15) is 0 Å². The Morgan fingerprint density at radius 2 is 2.00 bits per heavy atom. The number of aromatic amines is 1. The second kappa shape index (κ2) is 4.21. The van der Waals surface area contributed by atoms with E-state index in [-0.39, 0.29) is 0 Å². The molecule has 6 heteroatoms. The van der Waals surface area contributed by atoms with Crippen molar-refractivity contribution in [2.75, 3.05) is 11.1 Å². The number of benzene rings is 2. The van der Waals surface area contributed by atoms with Gasteiger partial charge in [0.1, 0.15) is 0 Å². The SMILES string of the molecule is Nc1ccc2nc(Nc3ccc4ncsc4c3)[nH]c2c1. The second-order valence-electron chi connectivity index (χ2n) is 4.52. The molecule has 0 bridgehead atoms. The number of thiazole rings is 1. The highest BCUT2D eigenvalue weighted by molar-refractivity contribution is 7.16. The van der Waals surface area contributed by atoms with E-state index in [1.165, 1.54) is 0 Å². The Hall–Kier alpha value is -2.60. The van der Waals surface area contributed by atoms with Crippen LogP contribution in [0.3, 0.4) is 0 Å². The third kappa shape index (κ3) is 1.86. The third-order valence-electron chi connectivity index (χ3n) is 3.10. The normalized spacial score (nSPS) is 11.2. The smallest absolute Gasteiger partial charge is 0.205 e. The molecule has 0 spiro atoms. The van der Waals surface area contributed by atoms with E-state index in [0.29, 0.717) is 5.95 Å². The molecule has 20 heavy (non-hydrogen) atoms. The summed E-state index contributed by atoms with van der Waals surface area (Å²) in [5, 5.41) is 3.27. The summed E-state index contributed by atoms with van der Waals surface area (Å²) in [7, 11) is 0. The van der Waals surface area contributed by atoms with E-state index in [2.05, 4.69) is 26.3 Å². The number of hydrogen-bond acceptors (Lipinski definition) is 5. The zero-order valence-corrected chi connectivity index (χ0v) is 11.2. The van der Waals surface area contributed by atoms with E-state index in [1.807, 2.05) is 35.8 Å². The van der Waals surface area contributed by atoms with Crippen LogP contribution in [0.15, 0.2) is 41.9 Å². The molecule has 4 aromatic rings. The van der Waals surface area contributed by atoms with E-state index in [0.717, 1.165) is 32.6 Å². The number of nitrogen functional groups attached to an aromatic ring is 1. The largest absolute Gasteiger partial charge is 0.399 e. The van der Waals surface area contributed by atoms with Gasteiger partial charge >= 0.3 is 0 Å². The molecule has 0 unspecified atom stereocenters. The minimum atomic E-state index is 0.703. The maximum absolute atomic E-state index is 5.76. The van der Waals surface area contributed by atoms with Crippen molar-refractivity contribution in [2.45, 2.75) is 0 Å². The summed E-state index contributed by atoms with van der Waals surface area (Å²) >= 11 is 1.62. The average molecular weight is 281 g/mol. The molecular formula is C14H11N5S. The highest BCUT2D eigenvalue weighted by Crippen LogP contribution is 2.24. The lowest BCUT2D eigenvalue weighted by Crippen LogP contribution is -1.91. The predicted molar refractivity (Wildman–Crippen MR) is 83.4 cm³/mol. The standard InChI is InChI=1S/C14H11N5S/c15-8-1-3-10-12(5-8)19-14(18-10)17-9-2-4-11-13(6-9)20-7-16-11/h1-7H,15H2,(H2,17,18,19). The van der Waals surface area contributed by atoms with Crippen LogP contribution in [0.1, 0.15) is 0 Å². The molecule has 0 aliphatic heterocycles. The van der Waals surface area contributed by atoms with E-state index in [9.17, 15) is 0 Å². The maximum atomic E-state index is 5.76. The van der Waals surface area contributed by atoms with Gasteiger partial charge in [0.05, 0.1) is 26.8 Å². The van der Waals surface area contributed by atoms with Crippen LogP contribution in [0.5, 0.6) is 0 Å². The van der Waals surface area contributed by atoms with Crippen LogP contribution in [0.4, 0.5) is 17.3 Å². The fourth-order valence-electron chi connectivity index (χ4n) is 2.16. The first kappa shape index (κ1) is 11.2. The van der Waals surface area contributed by atoms with Gasteiger partial charge in [0.2, 0.25) is 5.95 Å². The molecule has 0 atom stereocenters. The number of aromatic nitrogens is 3. The summed E-state index contributed by atoms with van der Waals surface area (Å²) in [6.07, 6.45) is 0. The first-order valence-corrected chi connectivity index (χ1v) is 7.01. The predicted octanol–water partition coefficient (Wildman–Crippen LogP) is 3.50. The molecule has 0 saturated heterocycles. The molecule has 0 fully saturated rings. The van der Waals surface area contributed by atoms with Gasteiger partial charge in [-0.1, -0.05) is 0 Å². The first-order valence-electron chi connectivity index (χ1n) is 6.13. The Bertz CT molecular complexity index is 908. The Balaban J connectivity index is 1.72. The fraction of sp³-hybridized carbons (Fsp3) is 0. The molecule has 2 aromatic heterocycles. The summed E-state index contributed by atoms with van der Waals surface area (Å²) < 4.78 is 1.15. The number of anilines is 3. The number of imidazole rings is 1. The Labute approximate surface area is 118 Å². The van der Waals surface area contributed by atoms with Crippen molar-refractivity contribution < 1.29 is 0 Å². The van der Waals surface area contributed by atoms with Crippen LogP contribution >= 0.6 is 11.3 Å². The van der Waals surface area contributed by atoms with E-state index >= 15 is 0 Å². The zero-order chi connectivity index (χ0) is 13.5. The van der Waals surface area contributed by atoms with Gasteiger partial charge in [0.25, 0.3) is 0 Å². The van der Waals surface area contributed by atoms with Crippen molar-refractivity contribution in [1.29, 1.82) is 0 Å². The van der Waals surface area contributed by atoms with Gasteiger partial charge in [-0.05, 0) is 36.4 Å². The van der Waals surface area contributed by atoms with Gasteiger partial charge in [-0.25, -0.2) is 9.97 Å². The molecule has 2 heterocycles. The Morgan fingerprint density at radius 1 is 1.10 bits per heavy atom. The highest BCUT2D eigenvalue weighted by atomic mass is 32.1. The number of nitrogens with zero attached hydrogens (tertiary/aromatic N) is 2. The number of rotatable bonds is 2. The molecule has 2 aromatic carbocycles. The number of nitrogens with one attached hydrogen (secondary N) is 2. The van der Waals surface area contributed by atoms with E-state index < -0.39 is 0 Å². The minimum absolute atomic E-state index is 0.703. The van der Waals surface area contributed by atoms with Crippen LogP contribution < -0.4 is 11.1 Å². The topological polar surface area (TPSA) is 79.6 Å². The number of fused-ring (bicyclic) bond motifs is 2. The minimum Gasteiger partial charge on any atom is -0.399 e. The molecule has 98 valence electrons. The summed E-state index contributed by atoms with van der Waals surface area (Å²) in [6, 6.07) is 11.7. The molecule has 0 amide bonds. The summed E-state index contributed by atoms with van der Waals surface area (Å²) in [6.45, 7) is 0. The van der Waals surface area contributed by atoms with Crippen LogP contribution in [-0.4, -0.2) is 15.0 Å². The van der Waals surface area contributed by atoms with Crippen LogP contribution in [0, 0.1) is 0 Å². The Morgan fingerprint density at radius 3 is 2.95 bits per heavy atom. The monoisotopic (exact) mass is 281 g/mol. The molecular weight excluding hydrogens is 270 g/mol. The van der Waals surface area contributed by atoms with Crippen molar-refractivity contribution in [3.8, 4) is 0 Å². The molecule has 4 rings (SSSR count). The number of nitrogens with two attached hydrogens (primary N) is 1. The van der Waals surface area contributed by atoms with Crippen molar-refractivity contribution in [2.24, 2.45) is 0 Å². The molecule has 0 aliphatic carbocycles. The quantitative estimate of drug-likeness (QED) is 0.491. The molecule has 5 nitrogen and oxygen atoms in total. The second-order valence-corrected chi connectivity index (χ2v) is 5.41. The highest BCUT2D eigenvalue weighted by Gasteiger charge is 2.04. The lowest BCUT2D eigenvalue weighted by atomic mass is 10.3. The zero-order valence-electron chi connectivity index (χ0n) is 10.4. The summed E-state index contributed by atoms with van der Waals surface area (Å²) in [4.78, 5) is 12.0. The van der Waals surface area contributed by atoms with Crippen LogP contribution in [0.25, 0.3) is 21.3 Å². The molecule has 0 saturated carbocycles. The van der Waals surface area contributed by atoms with E-state index in [1.54, 1.807) is 11.3 Å². The fourth-order valence-corrected chi connectivity index (χ4v) is 2.87. The van der Waals surface area contributed by atoms with Crippen LogP contribution in [0.2, 0.25) is 0 Å². The third-order valence-corrected chi connectivity index (χ3v) is 3.89. The summed E-state index contributed by atoms with van der Waals surface area (Å²) in [5.74, 6) is 0.703. The van der Waals surface area contributed by atoms with Gasteiger partial charge in [-0.15, -0.1) is 11.3 Å². The van der Waals surface area contributed by atoms with Crippen molar-refractivity contribution >= 4 is 49.9 Å².